The molecule has 2 heteroatoms. The summed E-state index contributed by atoms with van der Waals surface area (Å²) < 4.78 is 0. The topological polar surface area (TPSA) is 24.1 Å². The molecule has 2 rings (SSSR count). The summed E-state index contributed by atoms with van der Waals surface area (Å²) in [5.74, 6) is 0. The van der Waals surface area contributed by atoms with E-state index in [0.29, 0.717) is 0 Å². The molecule has 0 bridgehead atoms. The van der Waals surface area contributed by atoms with Gasteiger partial charge in [-0.1, -0.05) is 25.7 Å². The molecule has 0 atom stereocenters. The Kier molecular flexibility index (Phi) is 5.11. The molecule has 0 aliphatic heterocycles. The summed E-state index contributed by atoms with van der Waals surface area (Å²) in [5.41, 5.74) is 0. The van der Waals surface area contributed by atoms with Crippen molar-refractivity contribution in [3.05, 3.63) is 0 Å². The van der Waals surface area contributed by atoms with Gasteiger partial charge in [-0.05, 0) is 45.6 Å². The average molecular weight is 224 g/mol. The molecule has 2 nitrogen and oxygen atoms in total. The van der Waals surface area contributed by atoms with Crippen LogP contribution in [0.3, 0.4) is 0 Å². The summed E-state index contributed by atoms with van der Waals surface area (Å²) >= 11 is 0. The molecule has 0 spiro atoms. The minimum atomic E-state index is 0.784. The van der Waals surface area contributed by atoms with Crippen LogP contribution >= 0.6 is 0 Å². The van der Waals surface area contributed by atoms with Gasteiger partial charge in [-0.15, -0.1) is 0 Å². The zero-order chi connectivity index (χ0) is 11.2. The summed E-state index contributed by atoms with van der Waals surface area (Å²) in [7, 11) is 2.10. The lowest BCUT2D eigenvalue weighted by molar-refractivity contribution is 0.286. The van der Waals surface area contributed by atoms with Gasteiger partial charge in [-0.25, -0.2) is 0 Å². The lowest BCUT2D eigenvalue weighted by atomic mass is 9.90. The highest BCUT2D eigenvalue weighted by molar-refractivity contribution is 4.83. The molecular weight excluding hydrogens is 196 g/mol. The maximum atomic E-state index is 3.91. The highest BCUT2D eigenvalue weighted by Gasteiger charge is 2.22. The van der Waals surface area contributed by atoms with E-state index < -0.39 is 0 Å². The van der Waals surface area contributed by atoms with E-state index in [2.05, 4.69) is 17.7 Å². The first-order chi connectivity index (χ1) is 7.88. The van der Waals surface area contributed by atoms with Crippen LogP contribution in [0.5, 0.6) is 0 Å². The summed E-state index contributed by atoms with van der Waals surface area (Å²) in [5, 5.41) is 7.32. The van der Waals surface area contributed by atoms with Crippen molar-refractivity contribution in [3.8, 4) is 0 Å². The fourth-order valence-corrected chi connectivity index (χ4v) is 3.33. The van der Waals surface area contributed by atoms with Gasteiger partial charge >= 0.3 is 0 Å². The van der Waals surface area contributed by atoms with Crippen molar-refractivity contribution >= 4 is 0 Å². The highest BCUT2D eigenvalue weighted by Crippen LogP contribution is 2.22. The Balaban J connectivity index is 1.69. The Labute approximate surface area is 101 Å². The summed E-state index contributed by atoms with van der Waals surface area (Å²) in [6, 6.07) is 2.43. The number of hydrogen-bond donors (Lipinski definition) is 2. The van der Waals surface area contributed by atoms with E-state index in [1.54, 1.807) is 0 Å². The molecule has 2 aliphatic carbocycles. The van der Waals surface area contributed by atoms with Crippen LogP contribution in [0.15, 0.2) is 0 Å². The molecule has 16 heavy (non-hydrogen) atoms. The van der Waals surface area contributed by atoms with Crippen molar-refractivity contribution in [1.82, 2.24) is 10.6 Å². The molecule has 2 N–H and O–H groups in total. The standard InChI is InChI=1S/C14H28N2/c1-15-12-8-10-14(11-9-12)16-13-6-4-2-3-5-7-13/h12-16H,2-11H2,1H3. The van der Waals surface area contributed by atoms with Crippen molar-refractivity contribution in [1.29, 1.82) is 0 Å². The van der Waals surface area contributed by atoms with Crippen LogP contribution in [-0.4, -0.2) is 25.2 Å². The second-order valence-electron chi connectivity index (χ2n) is 5.69. The molecule has 0 unspecified atom stereocenters. The van der Waals surface area contributed by atoms with E-state index in [4.69, 9.17) is 0 Å². The van der Waals surface area contributed by atoms with E-state index in [9.17, 15) is 0 Å². The summed E-state index contributed by atoms with van der Waals surface area (Å²) in [6.45, 7) is 0. The third-order valence-electron chi connectivity index (χ3n) is 4.46. The Morgan fingerprint density at radius 3 is 1.69 bits per heavy atom. The van der Waals surface area contributed by atoms with Crippen molar-refractivity contribution < 1.29 is 0 Å². The minimum Gasteiger partial charge on any atom is -0.317 e. The Morgan fingerprint density at radius 1 is 0.625 bits per heavy atom. The van der Waals surface area contributed by atoms with Crippen molar-refractivity contribution in [2.24, 2.45) is 0 Å². The molecule has 2 fully saturated rings. The van der Waals surface area contributed by atoms with Gasteiger partial charge in [-0.2, -0.15) is 0 Å². The van der Waals surface area contributed by atoms with Gasteiger partial charge in [-0.3, -0.25) is 0 Å². The van der Waals surface area contributed by atoms with E-state index in [1.807, 2.05) is 0 Å². The Morgan fingerprint density at radius 2 is 1.12 bits per heavy atom. The third-order valence-corrected chi connectivity index (χ3v) is 4.46. The van der Waals surface area contributed by atoms with Gasteiger partial charge in [0.15, 0.2) is 0 Å². The molecule has 0 aromatic carbocycles. The van der Waals surface area contributed by atoms with E-state index in [0.717, 1.165) is 18.1 Å². The maximum absolute atomic E-state index is 3.91. The number of nitrogens with one attached hydrogen (secondary N) is 2. The van der Waals surface area contributed by atoms with Crippen LogP contribution in [-0.2, 0) is 0 Å². The normalized spacial score (nSPS) is 33.6. The largest absolute Gasteiger partial charge is 0.317 e. The van der Waals surface area contributed by atoms with Gasteiger partial charge < -0.3 is 10.6 Å². The molecule has 2 saturated carbocycles. The van der Waals surface area contributed by atoms with Crippen molar-refractivity contribution in [2.75, 3.05) is 7.05 Å². The van der Waals surface area contributed by atoms with E-state index in [1.165, 1.54) is 64.2 Å². The van der Waals surface area contributed by atoms with Crippen LogP contribution in [0.1, 0.15) is 64.2 Å². The van der Waals surface area contributed by atoms with Crippen LogP contribution in [0.4, 0.5) is 0 Å². The third kappa shape index (κ3) is 3.74. The van der Waals surface area contributed by atoms with Gasteiger partial charge in [0.25, 0.3) is 0 Å². The second-order valence-corrected chi connectivity index (χ2v) is 5.69. The molecular formula is C14H28N2. The molecule has 0 radical (unpaired) electrons. The quantitative estimate of drug-likeness (QED) is 0.720. The fourth-order valence-electron chi connectivity index (χ4n) is 3.33. The van der Waals surface area contributed by atoms with Gasteiger partial charge in [0.05, 0.1) is 0 Å². The van der Waals surface area contributed by atoms with E-state index in [-0.39, 0.29) is 0 Å². The predicted octanol–water partition coefficient (Wildman–Crippen LogP) is 2.83. The number of rotatable bonds is 3. The van der Waals surface area contributed by atoms with Crippen LogP contribution in [0.2, 0.25) is 0 Å². The van der Waals surface area contributed by atoms with Crippen LogP contribution in [0.25, 0.3) is 0 Å². The molecule has 0 aromatic heterocycles. The monoisotopic (exact) mass is 224 g/mol. The van der Waals surface area contributed by atoms with Crippen LogP contribution in [0, 0.1) is 0 Å². The SMILES string of the molecule is CNC1CCC(NC2CCCCCC2)CC1. The van der Waals surface area contributed by atoms with Crippen molar-refractivity contribution in [3.63, 3.8) is 0 Å². The number of hydrogen-bond acceptors (Lipinski definition) is 2. The summed E-state index contributed by atoms with van der Waals surface area (Å²) in [4.78, 5) is 0. The fraction of sp³-hybridized carbons (Fsp3) is 1.00. The highest BCUT2D eigenvalue weighted by atomic mass is 15.0. The average Bonchev–Trinajstić information content (AvgIpc) is 2.59. The zero-order valence-corrected chi connectivity index (χ0v) is 10.8. The molecule has 0 saturated heterocycles. The molecule has 0 heterocycles. The summed E-state index contributed by atoms with van der Waals surface area (Å²) in [6.07, 6.45) is 14.1. The second kappa shape index (κ2) is 6.61. The van der Waals surface area contributed by atoms with Crippen LogP contribution < -0.4 is 10.6 Å². The lowest BCUT2D eigenvalue weighted by Gasteiger charge is -2.32. The Hall–Kier alpha value is -0.0800. The molecule has 0 amide bonds. The van der Waals surface area contributed by atoms with Crippen molar-refractivity contribution in [2.45, 2.75) is 82.3 Å². The molecule has 2 aliphatic rings. The lowest BCUT2D eigenvalue weighted by Crippen LogP contribution is -2.43. The zero-order valence-electron chi connectivity index (χ0n) is 10.8. The first kappa shape index (κ1) is 12.4. The Bertz CT molecular complexity index is 177. The minimum absolute atomic E-state index is 0.784. The first-order valence-corrected chi connectivity index (χ1v) is 7.32. The van der Waals surface area contributed by atoms with Gasteiger partial charge in [0, 0.05) is 18.1 Å². The van der Waals surface area contributed by atoms with Gasteiger partial charge in [0.2, 0.25) is 0 Å². The predicted molar refractivity (Wildman–Crippen MR) is 69.7 cm³/mol. The first-order valence-electron chi connectivity index (χ1n) is 7.32. The molecule has 0 aromatic rings. The van der Waals surface area contributed by atoms with Gasteiger partial charge in [0.1, 0.15) is 0 Å². The van der Waals surface area contributed by atoms with E-state index >= 15 is 0 Å². The maximum Gasteiger partial charge on any atom is 0.00708 e. The molecule has 94 valence electrons. The smallest absolute Gasteiger partial charge is 0.00708 e.